The predicted molar refractivity (Wildman–Crippen MR) is 91.5 cm³/mol. The summed E-state index contributed by atoms with van der Waals surface area (Å²) >= 11 is 4.73. The summed E-state index contributed by atoms with van der Waals surface area (Å²) in [6, 6.07) is 15.0. The lowest BCUT2D eigenvalue weighted by molar-refractivity contribution is 0.601. The van der Waals surface area contributed by atoms with Crippen LogP contribution >= 0.6 is 27.3 Å². The number of rotatable bonds is 3. The van der Waals surface area contributed by atoms with Crippen molar-refractivity contribution >= 4 is 53.7 Å². The molecule has 0 saturated carbocycles. The van der Waals surface area contributed by atoms with E-state index in [-0.39, 0.29) is 0 Å². The predicted octanol–water partition coefficient (Wildman–Crippen LogP) is 4.77. The number of fused-ring (bicyclic) bond motifs is 1. The van der Waals surface area contributed by atoms with E-state index in [1.54, 1.807) is 19.1 Å². The molecule has 0 unspecified atom stereocenters. The Morgan fingerprint density at radius 3 is 2.43 bits per heavy atom. The Morgan fingerprint density at radius 2 is 1.76 bits per heavy atom. The van der Waals surface area contributed by atoms with E-state index in [9.17, 15) is 8.42 Å². The largest absolute Gasteiger partial charge is 0.280 e. The molecule has 0 aliphatic rings. The molecule has 0 radical (unpaired) electrons. The zero-order valence-corrected chi connectivity index (χ0v) is 14.3. The fourth-order valence-corrected chi connectivity index (χ4v) is 5.63. The van der Waals surface area contributed by atoms with Crippen LogP contribution in [0.1, 0.15) is 4.88 Å². The van der Waals surface area contributed by atoms with E-state index in [4.69, 9.17) is 0 Å². The summed E-state index contributed by atoms with van der Waals surface area (Å²) in [7, 11) is -3.56. The molecule has 0 saturated heterocycles. The Morgan fingerprint density at radius 1 is 1.05 bits per heavy atom. The summed E-state index contributed by atoms with van der Waals surface area (Å²) in [5, 5.41) is 2.08. The van der Waals surface area contributed by atoms with Gasteiger partial charge in [-0.05, 0) is 51.8 Å². The number of anilines is 1. The standard InChI is InChI=1S/C15H12BrNO2S2/c1-10-14(9-15(16)20-10)21(18,19)17-13-7-6-11-4-2-3-5-12(11)8-13/h2-9,17H,1H3. The third-order valence-corrected chi connectivity index (χ3v) is 6.32. The van der Waals surface area contributed by atoms with Crippen molar-refractivity contribution in [2.24, 2.45) is 0 Å². The van der Waals surface area contributed by atoms with Gasteiger partial charge in [0.05, 0.1) is 3.79 Å². The minimum Gasteiger partial charge on any atom is -0.280 e. The molecular formula is C15H12BrNO2S2. The highest BCUT2D eigenvalue weighted by Gasteiger charge is 2.19. The van der Waals surface area contributed by atoms with E-state index in [1.807, 2.05) is 36.4 Å². The molecular weight excluding hydrogens is 370 g/mol. The monoisotopic (exact) mass is 381 g/mol. The van der Waals surface area contributed by atoms with Gasteiger partial charge in [0.1, 0.15) is 4.90 Å². The second kappa shape index (κ2) is 5.44. The van der Waals surface area contributed by atoms with E-state index in [2.05, 4.69) is 20.7 Å². The van der Waals surface area contributed by atoms with Crippen molar-refractivity contribution in [3.05, 3.63) is 57.2 Å². The number of nitrogens with one attached hydrogen (secondary N) is 1. The van der Waals surface area contributed by atoms with Gasteiger partial charge in [0, 0.05) is 10.6 Å². The van der Waals surface area contributed by atoms with Crippen LogP contribution < -0.4 is 4.72 Å². The van der Waals surface area contributed by atoms with Crippen molar-refractivity contribution in [2.45, 2.75) is 11.8 Å². The number of aryl methyl sites for hydroxylation is 1. The maximum atomic E-state index is 12.4. The first-order valence-corrected chi connectivity index (χ1v) is 9.32. The van der Waals surface area contributed by atoms with Crippen molar-refractivity contribution < 1.29 is 8.42 Å². The van der Waals surface area contributed by atoms with E-state index in [1.165, 1.54) is 11.3 Å². The first-order valence-electron chi connectivity index (χ1n) is 6.23. The molecule has 3 aromatic rings. The van der Waals surface area contributed by atoms with Crippen LogP contribution in [0.25, 0.3) is 10.8 Å². The van der Waals surface area contributed by atoms with Gasteiger partial charge >= 0.3 is 0 Å². The molecule has 1 N–H and O–H groups in total. The van der Waals surface area contributed by atoms with Crippen molar-refractivity contribution in [3.63, 3.8) is 0 Å². The van der Waals surface area contributed by atoms with Crippen LogP contribution in [0.4, 0.5) is 5.69 Å². The Kier molecular flexibility index (Phi) is 3.77. The van der Waals surface area contributed by atoms with Crippen LogP contribution in [-0.2, 0) is 10.0 Å². The molecule has 6 heteroatoms. The number of hydrogen-bond acceptors (Lipinski definition) is 3. The third kappa shape index (κ3) is 2.97. The lowest BCUT2D eigenvalue weighted by atomic mass is 10.1. The van der Waals surface area contributed by atoms with E-state index in [0.717, 1.165) is 19.4 Å². The maximum absolute atomic E-state index is 12.4. The van der Waals surface area contributed by atoms with E-state index in [0.29, 0.717) is 10.6 Å². The van der Waals surface area contributed by atoms with Crippen LogP contribution in [0.2, 0.25) is 0 Å². The summed E-state index contributed by atoms with van der Waals surface area (Å²) in [5.41, 5.74) is 0.565. The molecule has 0 amide bonds. The first kappa shape index (κ1) is 14.6. The van der Waals surface area contributed by atoms with Gasteiger partial charge in [-0.25, -0.2) is 8.42 Å². The molecule has 0 spiro atoms. The molecule has 1 aromatic heterocycles. The SMILES string of the molecule is Cc1sc(Br)cc1S(=O)(=O)Nc1ccc2ccccc2c1. The van der Waals surface area contributed by atoms with E-state index >= 15 is 0 Å². The van der Waals surface area contributed by atoms with E-state index < -0.39 is 10.0 Å². The van der Waals surface area contributed by atoms with Gasteiger partial charge in [-0.3, -0.25) is 4.72 Å². The Bertz CT molecular complexity index is 916. The maximum Gasteiger partial charge on any atom is 0.263 e. The van der Waals surface area contributed by atoms with Gasteiger partial charge in [-0.2, -0.15) is 0 Å². The number of halogens is 1. The van der Waals surface area contributed by atoms with Crippen LogP contribution in [0.3, 0.4) is 0 Å². The highest BCUT2D eigenvalue weighted by molar-refractivity contribution is 9.11. The van der Waals surface area contributed by atoms with Crippen LogP contribution in [0.5, 0.6) is 0 Å². The smallest absolute Gasteiger partial charge is 0.263 e. The highest BCUT2D eigenvalue weighted by atomic mass is 79.9. The summed E-state index contributed by atoms with van der Waals surface area (Å²) < 4.78 is 28.3. The van der Waals surface area contributed by atoms with Crippen molar-refractivity contribution in [1.82, 2.24) is 0 Å². The molecule has 3 rings (SSSR count). The Balaban J connectivity index is 1.99. The average Bonchev–Trinajstić information content (AvgIpc) is 2.78. The molecule has 0 aliphatic heterocycles. The molecule has 0 aliphatic carbocycles. The van der Waals surface area contributed by atoms with Gasteiger partial charge in [0.15, 0.2) is 0 Å². The second-order valence-corrected chi connectivity index (χ2v) is 8.92. The van der Waals surface area contributed by atoms with Crippen LogP contribution in [-0.4, -0.2) is 8.42 Å². The molecule has 108 valence electrons. The van der Waals surface area contributed by atoms with Gasteiger partial charge in [-0.15, -0.1) is 11.3 Å². The summed E-state index contributed by atoms with van der Waals surface area (Å²) in [6.07, 6.45) is 0. The molecule has 2 aromatic carbocycles. The zero-order chi connectivity index (χ0) is 15.0. The zero-order valence-electron chi connectivity index (χ0n) is 11.1. The minimum atomic E-state index is -3.56. The topological polar surface area (TPSA) is 46.2 Å². The molecule has 0 bridgehead atoms. The number of hydrogen-bond donors (Lipinski definition) is 1. The Hall–Kier alpha value is -1.37. The fourth-order valence-electron chi connectivity index (χ4n) is 2.16. The van der Waals surface area contributed by atoms with Crippen molar-refractivity contribution in [2.75, 3.05) is 4.72 Å². The molecule has 1 heterocycles. The summed E-state index contributed by atoms with van der Waals surface area (Å²) in [6.45, 7) is 1.80. The van der Waals surface area contributed by atoms with Crippen LogP contribution in [0.15, 0.2) is 57.2 Å². The van der Waals surface area contributed by atoms with Crippen molar-refractivity contribution in [1.29, 1.82) is 0 Å². The Labute approximate surface area is 135 Å². The van der Waals surface area contributed by atoms with Gasteiger partial charge < -0.3 is 0 Å². The summed E-state index contributed by atoms with van der Waals surface area (Å²) in [4.78, 5) is 1.07. The third-order valence-electron chi connectivity index (χ3n) is 3.13. The first-order chi connectivity index (χ1) is 9.95. The normalized spacial score (nSPS) is 11.7. The fraction of sp³-hybridized carbons (Fsp3) is 0.0667. The molecule has 0 atom stereocenters. The second-order valence-electron chi connectivity index (χ2n) is 4.64. The highest BCUT2D eigenvalue weighted by Crippen LogP contribution is 2.31. The molecule has 0 fully saturated rings. The van der Waals surface area contributed by atoms with Crippen LogP contribution in [0, 0.1) is 6.92 Å². The number of benzene rings is 2. The van der Waals surface area contributed by atoms with Crippen molar-refractivity contribution in [3.8, 4) is 0 Å². The minimum absolute atomic E-state index is 0.313. The van der Waals surface area contributed by atoms with Gasteiger partial charge in [0.2, 0.25) is 0 Å². The molecule has 3 nitrogen and oxygen atoms in total. The average molecular weight is 382 g/mol. The summed E-state index contributed by atoms with van der Waals surface area (Å²) in [5.74, 6) is 0. The van der Waals surface area contributed by atoms with Gasteiger partial charge in [-0.1, -0.05) is 30.3 Å². The lowest BCUT2D eigenvalue weighted by Crippen LogP contribution is -2.13. The number of sulfonamides is 1. The number of thiophene rings is 1. The lowest BCUT2D eigenvalue weighted by Gasteiger charge is -2.08. The van der Waals surface area contributed by atoms with Gasteiger partial charge in [0.25, 0.3) is 10.0 Å². The molecule has 21 heavy (non-hydrogen) atoms. The quantitative estimate of drug-likeness (QED) is 0.709.